The first-order chi connectivity index (χ1) is 14.0. The van der Waals surface area contributed by atoms with Crippen molar-refractivity contribution in [1.29, 1.82) is 0 Å². The normalized spacial score (nSPS) is 13.6. The molecule has 0 saturated heterocycles. The fraction of sp³-hybridized carbons (Fsp3) is 0.238. The molecule has 1 heterocycles. The van der Waals surface area contributed by atoms with Gasteiger partial charge in [-0.15, -0.1) is 0 Å². The minimum absolute atomic E-state index is 0.0406. The van der Waals surface area contributed by atoms with Crippen molar-refractivity contribution in [3.05, 3.63) is 71.3 Å². The second-order valence-electron chi connectivity index (χ2n) is 6.41. The number of hydrogen-bond acceptors (Lipinski definition) is 6. The van der Waals surface area contributed by atoms with Crippen LogP contribution in [-0.4, -0.2) is 35.0 Å². The van der Waals surface area contributed by atoms with Gasteiger partial charge in [0.15, 0.2) is 0 Å². The van der Waals surface area contributed by atoms with Gasteiger partial charge in [-0.2, -0.15) is 0 Å². The van der Waals surface area contributed by atoms with E-state index >= 15 is 0 Å². The predicted octanol–water partition coefficient (Wildman–Crippen LogP) is 2.84. The zero-order valence-electron chi connectivity index (χ0n) is 15.8. The molecule has 0 spiro atoms. The summed E-state index contributed by atoms with van der Waals surface area (Å²) in [5.74, 6) is -2.36. The summed E-state index contributed by atoms with van der Waals surface area (Å²) in [5.41, 5.74) is 1.11. The third-order valence-corrected chi connectivity index (χ3v) is 4.30. The maximum absolute atomic E-state index is 12.5. The first-order valence-electron chi connectivity index (χ1n) is 9.18. The molecule has 1 atom stereocenters. The van der Waals surface area contributed by atoms with Crippen molar-refractivity contribution in [2.24, 2.45) is 0 Å². The summed E-state index contributed by atoms with van der Waals surface area (Å²) >= 11 is 0. The van der Waals surface area contributed by atoms with E-state index in [0.717, 1.165) is 5.56 Å². The third kappa shape index (κ3) is 4.60. The van der Waals surface area contributed by atoms with Gasteiger partial charge in [-0.1, -0.05) is 60.9 Å². The molecule has 29 heavy (non-hydrogen) atoms. The van der Waals surface area contributed by atoms with Gasteiger partial charge in [-0.3, -0.25) is 9.59 Å². The van der Waals surface area contributed by atoms with Crippen LogP contribution in [0.15, 0.2) is 54.6 Å². The lowest BCUT2D eigenvalue weighted by atomic mass is 10.1. The Morgan fingerprint density at radius 3 is 2.14 bits per heavy atom. The Hall–Kier alpha value is -3.68. The van der Waals surface area contributed by atoms with Crippen LogP contribution >= 0.6 is 0 Å². The minimum atomic E-state index is -1.06. The molecule has 0 bridgehead atoms. The number of nitrogens with zero attached hydrogens (tertiary/aromatic N) is 1. The lowest BCUT2D eigenvalue weighted by molar-refractivity contribution is -0.171. The minimum Gasteiger partial charge on any atom is -0.445 e. The summed E-state index contributed by atoms with van der Waals surface area (Å²) in [6, 6.07) is 14.2. The Morgan fingerprint density at radius 1 is 0.966 bits per heavy atom. The zero-order chi connectivity index (χ0) is 20.8. The van der Waals surface area contributed by atoms with Gasteiger partial charge in [0, 0.05) is 0 Å². The molecule has 0 radical (unpaired) electrons. The highest BCUT2D eigenvalue weighted by Gasteiger charge is 2.39. The van der Waals surface area contributed by atoms with E-state index in [4.69, 9.17) is 9.57 Å². The fourth-order valence-corrected chi connectivity index (χ4v) is 2.85. The third-order valence-electron chi connectivity index (χ3n) is 4.30. The van der Waals surface area contributed by atoms with Gasteiger partial charge in [-0.25, -0.2) is 9.59 Å². The van der Waals surface area contributed by atoms with Crippen molar-refractivity contribution in [2.45, 2.75) is 32.4 Å². The average Bonchev–Trinajstić information content (AvgIpc) is 2.98. The number of carbonyl (C=O) groups excluding carboxylic acids is 4. The molecule has 0 aliphatic carbocycles. The number of carbonyl (C=O) groups is 4. The molecule has 3 rings (SSSR count). The summed E-state index contributed by atoms with van der Waals surface area (Å²) in [7, 11) is 0. The molecule has 8 nitrogen and oxygen atoms in total. The van der Waals surface area contributed by atoms with Gasteiger partial charge >= 0.3 is 12.1 Å². The summed E-state index contributed by atoms with van der Waals surface area (Å²) < 4.78 is 5.11. The van der Waals surface area contributed by atoms with Gasteiger partial charge in [-0.05, 0) is 24.1 Å². The van der Waals surface area contributed by atoms with Crippen LogP contribution in [0.3, 0.4) is 0 Å². The van der Waals surface area contributed by atoms with Gasteiger partial charge in [0.05, 0.1) is 11.1 Å². The molecule has 1 N–H and O–H groups in total. The number of imide groups is 1. The smallest absolute Gasteiger partial charge is 0.408 e. The number of benzene rings is 2. The van der Waals surface area contributed by atoms with Crippen LogP contribution in [0.25, 0.3) is 0 Å². The lowest BCUT2D eigenvalue weighted by Crippen LogP contribution is -2.45. The molecular weight excluding hydrogens is 376 g/mol. The Balaban J connectivity index is 1.60. The van der Waals surface area contributed by atoms with Gasteiger partial charge in [0.2, 0.25) is 0 Å². The van der Waals surface area contributed by atoms with Crippen molar-refractivity contribution in [3.8, 4) is 0 Å². The Morgan fingerprint density at radius 2 is 1.55 bits per heavy atom. The van der Waals surface area contributed by atoms with Crippen LogP contribution in [-0.2, 0) is 21.0 Å². The Labute approximate surface area is 167 Å². The molecule has 1 aliphatic heterocycles. The molecule has 1 aliphatic rings. The number of fused-ring (bicyclic) bond motifs is 1. The van der Waals surface area contributed by atoms with Crippen molar-refractivity contribution < 1.29 is 28.8 Å². The van der Waals surface area contributed by atoms with Crippen LogP contribution in [0.4, 0.5) is 4.79 Å². The molecule has 0 saturated carbocycles. The lowest BCUT2D eigenvalue weighted by Gasteiger charge is -2.19. The number of amides is 3. The molecule has 0 fully saturated rings. The number of alkyl carbamates (subject to hydrolysis) is 1. The average molecular weight is 396 g/mol. The van der Waals surface area contributed by atoms with E-state index in [1.165, 1.54) is 12.1 Å². The summed E-state index contributed by atoms with van der Waals surface area (Å²) in [6.45, 7) is 1.86. The maximum atomic E-state index is 12.5. The summed E-state index contributed by atoms with van der Waals surface area (Å²) in [6.07, 6.45) is 0.00939. The van der Waals surface area contributed by atoms with E-state index in [2.05, 4.69) is 5.32 Å². The van der Waals surface area contributed by atoms with Crippen LogP contribution in [0, 0.1) is 0 Å². The quantitative estimate of drug-likeness (QED) is 0.722. The first-order valence-corrected chi connectivity index (χ1v) is 9.18. The topological polar surface area (TPSA) is 102 Å². The Bertz CT molecular complexity index is 893. The predicted molar refractivity (Wildman–Crippen MR) is 101 cm³/mol. The largest absolute Gasteiger partial charge is 0.445 e. The molecule has 2 aromatic rings. The summed E-state index contributed by atoms with van der Waals surface area (Å²) in [4.78, 5) is 54.2. The van der Waals surface area contributed by atoms with E-state index in [-0.39, 0.29) is 24.2 Å². The maximum Gasteiger partial charge on any atom is 0.408 e. The van der Waals surface area contributed by atoms with E-state index in [1.807, 2.05) is 25.1 Å². The van der Waals surface area contributed by atoms with Gasteiger partial charge in [0.1, 0.15) is 12.6 Å². The second kappa shape index (κ2) is 9.01. The molecule has 8 heteroatoms. The van der Waals surface area contributed by atoms with Crippen LogP contribution < -0.4 is 5.32 Å². The van der Waals surface area contributed by atoms with Crippen molar-refractivity contribution in [2.75, 3.05) is 0 Å². The van der Waals surface area contributed by atoms with Crippen LogP contribution in [0.5, 0.6) is 0 Å². The zero-order valence-corrected chi connectivity index (χ0v) is 15.8. The summed E-state index contributed by atoms with van der Waals surface area (Å²) in [5, 5.41) is 2.85. The van der Waals surface area contributed by atoms with Crippen molar-refractivity contribution >= 4 is 23.9 Å². The van der Waals surface area contributed by atoms with E-state index in [0.29, 0.717) is 11.5 Å². The standard InChI is InChI=1S/C21H20N2O6/c1-2-8-17(22-21(27)28-13-14-9-4-3-5-10-14)20(26)29-23-18(24)15-11-6-7-12-16(15)19(23)25/h3-7,9-12,17H,2,8,13H2,1H3,(H,22,27)/t17-/m0/s1. The molecule has 0 aromatic heterocycles. The molecule has 2 aromatic carbocycles. The van der Waals surface area contributed by atoms with Crippen LogP contribution in [0.1, 0.15) is 46.0 Å². The highest BCUT2D eigenvalue weighted by molar-refractivity contribution is 6.20. The Kier molecular flexibility index (Phi) is 6.23. The molecule has 0 unspecified atom stereocenters. The highest BCUT2D eigenvalue weighted by Crippen LogP contribution is 2.23. The number of hydroxylamine groups is 2. The number of hydrogen-bond donors (Lipinski definition) is 1. The van der Waals surface area contributed by atoms with E-state index in [9.17, 15) is 19.2 Å². The SMILES string of the molecule is CCC[C@H](NC(=O)OCc1ccccc1)C(=O)ON1C(=O)c2ccccc2C1=O. The second-order valence-corrected chi connectivity index (χ2v) is 6.41. The van der Waals surface area contributed by atoms with Crippen molar-refractivity contribution in [1.82, 2.24) is 10.4 Å². The van der Waals surface area contributed by atoms with Gasteiger partial charge < -0.3 is 14.9 Å². The number of rotatable bonds is 7. The fourth-order valence-electron chi connectivity index (χ4n) is 2.85. The van der Waals surface area contributed by atoms with Gasteiger partial charge in [0.25, 0.3) is 11.8 Å². The monoisotopic (exact) mass is 396 g/mol. The number of nitrogens with one attached hydrogen (secondary N) is 1. The number of ether oxygens (including phenoxy) is 1. The van der Waals surface area contributed by atoms with Crippen LogP contribution in [0.2, 0.25) is 0 Å². The van der Waals surface area contributed by atoms with E-state index in [1.54, 1.807) is 24.3 Å². The highest BCUT2D eigenvalue weighted by atomic mass is 16.7. The van der Waals surface area contributed by atoms with E-state index < -0.39 is 29.9 Å². The molecule has 3 amide bonds. The first kappa shape index (κ1) is 20.1. The van der Waals surface area contributed by atoms with Crippen molar-refractivity contribution in [3.63, 3.8) is 0 Å². The molecular formula is C21H20N2O6. The molecule has 150 valence electrons.